The quantitative estimate of drug-likeness (QED) is 0.0830. The van der Waals surface area contributed by atoms with Gasteiger partial charge in [-0.15, -0.1) is 0 Å². The molecule has 266 valence electrons. The summed E-state index contributed by atoms with van der Waals surface area (Å²) in [7, 11) is 4.40. The molecule has 2 unspecified atom stereocenters. The normalized spacial score (nSPS) is 22.3. The summed E-state index contributed by atoms with van der Waals surface area (Å²) in [6, 6.07) is 21.0. The standard InChI is InChI=1S/C46H70IN/c1-12-20-42-43(6,7)41(39-25-23-38(24-26-39)37(14-3)15-4)28-33-44(42,8)32-27-36(5)46(29-13-2,40-21-17-16-18-22-40)31-19-30-45(9,47)34-35-48(10)11/h14,16-18,20-26,28,36H,12-13,15,19,27,29-35H2,1-11H3/b37-14-,42-20-/t36-,44-,45?,46?/m0/s1. The lowest BCUT2D eigenvalue weighted by Gasteiger charge is -2.48. The Balaban J connectivity index is 1.90. The van der Waals surface area contributed by atoms with Crippen molar-refractivity contribution in [1.29, 1.82) is 0 Å². The number of halogens is 1. The Morgan fingerprint density at radius 2 is 1.60 bits per heavy atom. The second-order valence-corrected chi connectivity index (χ2v) is 18.9. The van der Waals surface area contributed by atoms with Gasteiger partial charge in [0.1, 0.15) is 0 Å². The van der Waals surface area contributed by atoms with Crippen LogP contribution in [0.5, 0.6) is 0 Å². The Bertz CT molecular complexity index is 1360. The molecular formula is C46H70IN. The van der Waals surface area contributed by atoms with E-state index in [2.05, 4.69) is 177 Å². The molecule has 2 aromatic carbocycles. The smallest absolute Gasteiger partial charge is 0.0206 e. The van der Waals surface area contributed by atoms with Gasteiger partial charge in [0.05, 0.1) is 0 Å². The zero-order valence-electron chi connectivity index (χ0n) is 32.8. The Hall–Kier alpha value is -1.65. The molecule has 0 heterocycles. The van der Waals surface area contributed by atoms with Crippen LogP contribution in [0, 0.1) is 16.7 Å². The van der Waals surface area contributed by atoms with Gasteiger partial charge >= 0.3 is 0 Å². The zero-order valence-corrected chi connectivity index (χ0v) is 35.0. The maximum absolute atomic E-state index is 2.75. The van der Waals surface area contributed by atoms with E-state index in [9.17, 15) is 0 Å². The first-order chi connectivity index (χ1) is 22.7. The molecule has 3 rings (SSSR count). The van der Waals surface area contributed by atoms with Crippen molar-refractivity contribution >= 4 is 33.7 Å². The molecule has 0 N–H and O–H groups in total. The highest BCUT2D eigenvalue weighted by Crippen LogP contribution is 2.57. The van der Waals surface area contributed by atoms with Crippen molar-refractivity contribution in [3.8, 4) is 0 Å². The van der Waals surface area contributed by atoms with Crippen molar-refractivity contribution in [2.75, 3.05) is 20.6 Å². The van der Waals surface area contributed by atoms with Crippen molar-refractivity contribution in [3.63, 3.8) is 0 Å². The van der Waals surface area contributed by atoms with Gasteiger partial charge in [-0.3, -0.25) is 0 Å². The van der Waals surface area contributed by atoms with Crippen molar-refractivity contribution in [1.82, 2.24) is 4.90 Å². The topological polar surface area (TPSA) is 3.24 Å². The average molecular weight is 764 g/mol. The molecule has 0 bridgehead atoms. The van der Waals surface area contributed by atoms with Gasteiger partial charge in [0.15, 0.2) is 0 Å². The van der Waals surface area contributed by atoms with Crippen molar-refractivity contribution < 1.29 is 0 Å². The van der Waals surface area contributed by atoms with Gasteiger partial charge in [-0.2, -0.15) is 0 Å². The first-order valence-corrected chi connectivity index (χ1v) is 20.3. The zero-order chi connectivity index (χ0) is 35.6. The van der Waals surface area contributed by atoms with E-state index in [-0.39, 0.29) is 16.2 Å². The summed E-state index contributed by atoms with van der Waals surface area (Å²) < 4.78 is 0.344. The molecule has 2 aromatic rings. The Morgan fingerprint density at radius 3 is 2.17 bits per heavy atom. The summed E-state index contributed by atoms with van der Waals surface area (Å²) in [5.74, 6) is 0.613. The Kier molecular flexibility index (Phi) is 15.3. The van der Waals surface area contributed by atoms with Crippen LogP contribution < -0.4 is 0 Å². The van der Waals surface area contributed by atoms with Gasteiger partial charge in [-0.05, 0) is 130 Å². The molecule has 0 aromatic heterocycles. The fraction of sp³-hybridized carbons (Fsp3) is 0.609. The van der Waals surface area contributed by atoms with E-state index in [1.807, 2.05) is 0 Å². The predicted molar refractivity (Wildman–Crippen MR) is 224 cm³/mol. The SMILES string of the molecule is C/C=C(/CC)c1ccc(C2=CC[C@](C)(CC[C@H](C)C(CCC)(CCCC(C)(I)CCN(C)C)c3ccccc3)/C(=C\CC)C2(C)C)cc1. The highest BCUT2D eigenvalue weighted by atomic mass is 127. The minimum absolute atomic E-state index is 0.000809. The third-order valence-corrected chi connectivity index (χ3v) is 13.1. The first kappa shape index (κ1) is 40.8. The van der Waals surface area contributed by atoms with Crippen LogP contribution in [-0.4, -0.2) is 29.0 Å². The number of hydrogen-bond donors (Lipinski definition) is 0. The maximum Gasteiger partial charge on any atom is 0.0206 e. The third kappa shape index (κ3) is 9.99. The molecule has 1 nitrogen and oxygen atoms in total. The van der Waals surface area contributed by atoms with Gasteiger partial charge in [-0.25, -0.2) is 0 Å². The van der Waals surface area contributed by atoms with Gasteiger partial charge in [0.25, 0.3) is 0 Å². The van der Waals surface area contributed by atoms with Gasteiger partial charge in [-0.1, -0.05) is 169 Å². The van der Waals surface area contributed by atoms with E-state index >= 15 is 0 Å². The summed E-state index contributed by atoms with van der Waals surface area (Å²) in [4.78, 5) is 2.33. The second kappa shape index (κ2) is 18.0. The lowest BCUT2D eigenvalue weighted by molar-refractivity contribution is 0.189. The van der Waals surface area contributed by atoms with E-state index in [4.69, 9.17) is 0 Å². The molecule has 0 saturated carbocycles. The average Bonchev–Trinajstić information content (AvgIpc) is 3.05. The summed E-state index contributed by atoms with van der Waals surface area (Å²) in [6.07, 6.45) is 20.8. The van der Waals surface area contributed by atoms with Crippen LogP contribution in [0.3, 0.4) is 0 Å². The molecule has 0 radical (unpaired) electrons. The lowest BCUT2D eigenvalue weighted by atomic mass is 9.56. The molecule has 0 fully saturated rings. The first-order valence-electron chi connectivity index (χ1n) is 19.3. The minimum Gasteiger partial charge on any atom is -0.309 e. The van der Waals surface area contributed by atoms with Crippen LogP contribution in [0.2, 0.25) is 0 Å². The number of allylic oxidation sites excluding steroid dienone is 6. The Morgan fingerprint density at radius 1 is 0.938 bits per heavy atom. The van der Waals surface area contributed by atoms with E-state index in [1.54, 1.807) is 11.1 Å². The monoisotopic (exact) mass is 763 g/mol. The molecule has 0 saturated heterocycles. The van der Waals surface area contributed by atoms with Crippen LogP contribution in [-0.2, 0) is 5.41 Å². The predicted octanol–water partition coefficient (Wildman–Crippen LogP) is 14.1. The van der Waals surface area contributed by atoms with E-state index in [0.29, 0.717) is 9.34 Å². The van der Waals surface area contributed by atoms with Crippen molar-refractivity contribution in [2.24, 2.45) is 16.7 Å². The van der Waals surface area contributed by atoms with E-state index in [0.717, 1.165) is 25.8 Å². The van der Waals surface area contributed by atoms with Gasteiger partial charge < -0.3 is 4.90 Å². The maximum atomic E-state index is 2.75. The van der Waals surface area contributed by atoms with Crippen LogP contribution in [0.4, 0.5) is 0 Å². The lowest BCUT2D eigenvalue weighted by Crippen LogP contribution is -2.38. The fourth-order valence-electron chi connectivity index (χ4n) is 9.02. The highest BCUT2D eigenvalue weighted by Gasteiger charge is 2.44. The third-order valence-electron chi connectivity index (χ3n) is 12.0. The van der Waals surface area contributed by atoms with E-state index in [1.165, 1.54) is 73.6 Å². The largest absolute Gasteiger partial charge is 0.309 e. The second-order valence-electron chi connectivity index (χ2n) is 16.3. The number of alkyl halides is 1. The van der Waals surface area contributed by atoms with Gasteiger partial charge in [0, 0.05) is 8.84 Å². The van der Waals surface area contributed by atoms with Gasteiger partial charge in [0.2, 0.25) is 0 Å². The summed E-state index contributed by atoms with van der Waals surface area (Å²) >= 11 is 2.75. The van der Waals surface area contributed by atoms with Crippen LogP contribution >= 0.6 is 22.6 Å². The minimum atomic E-state index is -0.000809. The molecule has 2 heteroatoms. The van der Waals surface area contributed by atoms with Crippen LogP contribution in [0.25, 0.3) is 11.1 Å². The van der Waals surface area contributed by atoms with Crippen molar-refractivity contribution in [2.45, 2.75) is 142 Å². The summed E-state index contributed by atoms with van der Waals surface area (Å²) in [5, 5.41) is 0. The molecule has 4 atom stereocenters. The molecule has 48 heavy (non-hydrogen) atoms. The number of nitrogens with zero attached hydrogens (tertiary/aromatic N) is 1. The summed E-state index contributed by atoms with van der Waals surface area (Å²) in [6.45, 7) is 22.9. The number of hydrogen-bond acceptors (Lipinski definition) is 1. The molecule has 0 amide bonds. The van der Waals surface area contributed by atoms with Crippen LogP contribution in [0.1, 0.15) is 150 Å². The molecule has 0 spiro atoms. The molecule has 1 aliphatic carbocycles. The number of rotatable bonds is 18. The summed E-state index contributed by atoms with van der Waals surface area (Å²) in [5.41, 5.74) is 9.25. The molecule has 1 aliphatic rings. The Labute approximate surface area is 311 Å². The number of benzene rings is 2. The van der Waals surface area contributed by atoms with Crippen molar-refractivity contribution in [3.05, 3.63) is 95.1 Å². The molecular weight excluding hydrogens is 693 g/mol. The fourth-order valence-corrected chi connectivity index (χ4v) is 9.65. The van der Waals surface area contributed by atoms with E-state index < -0.39 is 0 Å². The molecule has 0 aliphatic heterocycles. The highest BCUT2D eigenvalue weighted by molar-refractivity contribution is 14.1. The van der Waals surface area contributed by atoms with Crippen LogP contribution in [0.15, 0.2) is 78.4 Å².